The predicted molar refractivity (Wildman–Crippen MR) is 105 cm³/mol. The summed E-state index contributed by atoms with van der Waals surface area (Å²) in [7, 11) is 1.72. The number of quaternary nitrogens is 1. The molecule has 2 fully saturated rings. The molecule has 1 saturated carbocycles. The number of anilines is 1. The van der Waals surface area contributed by atoms with Crippen molar-refractivity contribution in [1.29, 1.82) is 0 Å². The van der Waals surface area contributed by atoms with E-state index in [1.54, 1.807) is 7.11 Å². The Morgan fingerprint density at radius 1 is 1.23 bits per heavy atom. The lowest BCUT2D eigenvalue weighted by Crippen LogP contribution is -3.16. The second-order valence-corrected chi connectivity index (χ2v) is 8.03. The van der Waals surface area contributed by atoms with E-state index in [0.29, 0.717) is 24.4 Å². The van der Waals surface area contributed by atoms with E-state index in [9.17, 15) is 4.79 Å². The summed E-state index contributed by atoms with van der Waals surface area (Å²) in [4.78, 5) is 16.3. The number of benzene rings is 1. The summed E-state index contributed by atoms with van der Waals surface area (Å²) in [6, 6.07) is 8.54. The molecule has 0 aromatic heterocycles. The number of hydrogen-bond acceptors (Lipinski definition) is 3. The van der Waals surface area contributed by atoms with Gasteiger partial charge in [0.15, 0.2) is 6.54 Å². The molecule has 0 unspecified atom stereocenters. The zero-order valence-electron chi connectivity index (χ0n) is 16.5. The highest BCUT2D eigenvalue weighted by atomic mass is 16.5. The lowest BCUT2D eigenvalue weighted by atomic mass is 9.78. The largest absolute Gasteiger partial charge is 0.495 e. The van der Waals surface area contributed by atoms with Gasteiger partial charge in [-0.05, 0) is 30.4 Å². The van der Waals surface area contributed by atoms with Gasteiger partial charge >= 0.3 is 0 Å². The van der Waals surface area contributed by atoms with Gasteiger partial charge in [0.25, 0.3) is 5.91 Å². The van der Waals surface area contributed by atoms with Crippen LogP contribution in [0.3, 0.4) is 0 Å². The number of hydrogen-bond donors (Lipinski definition) is 2. The minimum atomic E-state index is 0.219. The molecular formula is C21H34N3O2+. The molecule has 26 heavy (non-hydrogen) atoms. The van der Waals surface area contributed by atoms with Crippen LogP contribution in [0.1, 0.15) is 33.1 Å². The van der Waals surface area contributed by atoms with Gasteiger partial charge in [-0.25, -0.2) is 0 Å². The summed E-state index contributed by atoms with van der Waals surface area (Å²) in [5.41, 5.74) is 1.16. The van der Waals surface area contributed by atoms with Crippen LogP contribution in [-0.2, 0) is 4.79 Å². The Labute approximate surface area is 157 Å². The van der Waals surface area contributed by atoms with Crippen molar-refractivity contribution in [2.45, 2.75) is 39.2 Å². The Balaban J connectivity index is 1.47. The number of ether oxygens (including phenoxy) is 1. The van der Waals surface area contributed by atoms with Gasteiger partial charge in [-0.15, -0.1) is 0 Å². The Bertz CT molecular complexity index is 599. The molecule has 1 amide bonds. The Morgan fingerprint density at radius 3 is 2.69 bits per heavy atom. The quantitative estimate of drug-likeness (QED) is 0.833. The molecule has 3 atom stereocenters. The van der Waals surface area contributed by atoms with Gasteiger partial charge in [0.2, 0.25) is 0 Å². The molecule has 1 aliphatic heterocycles. The van der Waals surface area contributed by atoms with Crippen molar-refractivity contribution in [3.05, 3.63) is 24.3 Å². The number of carbonyl (C=O) groups is 1. The number of piperazine rings is 1. The van der Waals surface area contributed by atoms with Gasteiger partial charge in [0.1, 0.15) is 5.75 Å². The first-order chi connectivity index (χ1) is 12.6. The third-order valence-electron chi connectivity index (χ3n) is 6.36. The van der Waals surface area contributed by atoms with Crippen molar-refractivity contribution in [2.24, 2.45) is 11.8 Å². The second-order valence-electron chi connectivity index (χ2n) is 8.03. The van der Waals surface area contributed by atoms with Crippen molar-refractivity contribution in [3.63, 3.8) is 0 Å². The van der Waals surface area contributed by atoms with Gasteiger partial charge in [-0.3, -0.25) is 4.79 Å². The molecule has 1 saturated heterocycles. The summed E-state index contributed by atoms with van der Waals surface area (Å²) in [6.07, 6.45) is 3.67. The van der Waals surface area contributed by atoms with Crippen molar-refractivity contribution >= 4 is 11.6 Å². The molecule has 1 aromatic carbocycles. The first-order valence-corrected chi connectivity index (χ1v) is 10.1. The lowest BCUT2D eigenvalue weighted by Gasteiger charge is -2.36. The van der Waals surface area contributed by atoms with Gasteiger partial charge in [0, 0.05) is 6.04 Å². The molecule has 144 valence electrons. The van der Waals surface area contributed by atoms with Crippen LogP contribution in [0, 0.1) is 11.8 Å². The summed E-state index contributed by atoms with van der Waals surface area (Å²) in [6.45, 7) is 9.08. The highest BCUT2D eigenvalue weighted by molar-refractivity contribution is 5.77. The molecule has 1 aromatic rings. The molecule has 3 rings (SSSR count). The number of nitrogens with one attached hydrogen (secondary N) is 2. The van der Waals surface area contributed by atoms with Crippen LogP contribution in [0.4, 0.5) is 5.69 Å². The van der Waals surface area contributed by atoms with Crippen molar-refractivity contribution in [3.8, 4) is 5.75 Å². The summed E-state index contributed by atoms with van der Waals surface area (Å²) >= 11 is 0. The number of carbonyl (C=O) groups excluding carboxylic acids is 1. The second kappa shape index (κ2) is 8.76. The average molecular weight is 361 g/mol. The zero-order chi connectivity index (χ0) is 18.5. The van der Waals surface area contributed by atoms with Crippen LogP contribution in [-0.4, -0.2) is 51.8 Å². The molecular weight excluding hydrogens is 326 g/mol. The van der Waals surface area contributed by atoms with E-state index in [-0.39, 0.29) is 5.91 Å². The maximum absolute atomic E-state index is 12.5. The Morgan fingerprint density at radius 2 is 1.96 bits per heavy atom. The van der Waals surface area contributed by atoms with E-state index >= 15 is 0 Å². The molecule has 2 N–H and O–H groups in total. The summed E-state index contributed by atoms with van der Waals surface area (Å²) < 4.78 is 5.48. The van der Waals surface area contributed by atoms with E-state index in [4.69, 9.17) is 4.74 Å². The lowest BCUT2D eigenvalue weighted by molar-refractivity contribution is -0.892. The molecule has 0 spiro atoms. The predicted octanol–water partition coefficient (Wildman–Crippen LogP) is 1.34. The summed E-state index contributed by atoms with van der Waals surface area (Å²) in [5, 5.41) is 3.31. The summed E-state index contributed by atoms with van der Waals surface area (Å²) in [5.74, 6) is 2.45. The van der Waals surface area contributed by atoms with E-state index < -0.39 is 0 Å². The van der Waals surface area contributed by atoms with Crippen molar-refractivity contribution in [1.82, 2.24) is 5.32 Å². The first kappa shape index (κ1) is 19.0. The fourth-order valence-electron chi connectivity index (χ4n) is 4.40. The van der Waals surface area contributed by atoms with E-state index in [1.165, 1.54) is 17.7 Å². The number of rotatable bonds is 5. The van der Waals surface area contributed by atoms with Crippen LogP contribution in [0.5, 0.6) is 5.75 Å². The van der Waals surface area contributed by atoms with Crippen LogP contribution >= 0.6 is 0 Å². The van der Waals surface area contributed by atoms with E-state index in [0.717, 1.165) is 44.0 Å². The third-order valence-corrected chi connectivity index (χ3v) is 6.36. The van der Waals surface area contributed by atoms with Gasteiger partial charge in [-0.1, -0.05) is 38.8 Å². The minimum Gasteiger partial charge on any atom is -0.495 e. The van der Waals surface area contributed by atoms with Crippen LogP contribution in [0.15, 0.2) is 24.3 Å². The molecule has 0 radical (unpaired) electrons. The van der Waals surface area contributed by atoms with Gasteiger partial charge in [-0.2, -0.15) is 0 Å². The maximum Gasteiger partial charge on any atom is 0.275 e. The molecule has 0 bridgehead atoms. The molecule has 1 aliphatic carbocycles. The van der Waals surface area contributed by atoms with E-state index in [1.807, 2.05) is 12.1 Å². The fraction of sp³-hybridized carbons (Fsp3) is 0.667. The van der Waals surface area contributed by atoms with Crippen LogP contribution < -0.4 is 19.9 Å². The number of methoxy groups -OCH3 is 1. The normalized spacial score (nSPS) is 27.2. The van der Waals surface area contributed by atoms with Crippen LogP contribution in [0.2, 0.25) is 0 Å². The third kappa shape index (κ3) is 4.50. The molecule has 2 aliphatic rings. The smallest absolute Gasteiger partial charge is 0.275 e. The number of para-hydroxylation sites is 2. The van der Waals surface area contributed by atoms with Crippen LogP contribution in [0.25, 0.3) is 0 Å². The van der Waals surface area contributed by atoms with Crippen molar-refractivity contribution < 1.29 is 14.4 Å². The zero-order valence-corrected chi connectivity index (χ0v) is 16.5. The number of nitrogens with zero attached hydrogens (tertiary/aromatic N) is 1. The molecule has 5 nitrogen and oxygen atoms in total. The topological polar surface area (TPSA) is 46.0 Å². The highest BCUT2D eigenvalue weighted by Gasteiger charge is 2.30. The Hall–Kier alpha value is -1.75. The SMILES string of the molecule is COc1ccccc1N1CC[NH+](CC(=O)N[C@@H]2CCC[C@@H](C)[C@H]2C)CC1. The Kier molecular flexibility index (Phi) is 6.41. The monoisotopic (exact) mass is 360 g/mol. The van der Waals surface area contributed by atoms with E-state index in [2.05, 4.69) is 36.2 Å². The van der Waals surface area contributed by atoms with Gasteiger partial charge < -0.3 is 19.9 Å². The molecule has 1 heterocycles. The number of amides is 1. The fourth-order valence-corrected chi connectivity index (χ4v) is 4.40. The first-order valence-electron chi connectivity index (χ1n) is 10.1. The van der Waals surface area contributed by atoms with Crippen molar-refractivity contribution in [2.75, 3.05) is 44.7 Å². The molecule has 5 heteroatoms. The standard InChI is InChI=1S/C21H33N3O2/c1-16-7-6-8-18(17(16)2)22-21(25)15-23-11-13-24(14-12-23)19-9-4-5-10-20(19)26-3/h4-5,9-10,16-18H,6-8,11-15H2,1-3H3,(H,22,25)/p+1/t16-,17-,18-/m1/s1. The maximum atomic E-state index is 12.5. The highest BCUT2D eigenvalue weighted by Crippen LogP contribution is 2.29. The average Bonchev–Trinajstić information content (AvgIpc) is 2.66. The van der Waals surface area contributed by atoms with Gasteiger partial charge in [0.05, 0.1) is 39.0 Å². The minimum absolute atomic E-state index is 0.219.